The minimum atomic E-state index is -3.25. The van der Waals surface area contributed by atoms with Crippen LogP contribution >= 0.6 is 22.6 Å². The Labute approximate surface area is 214 Å². The predicted molar refractivity (Wildman–Crippen MR) is 147 cm³/mol. The topological polar surface area (TPSA) is 61.8 Å². The second-order valence-corrected chi connectivity index (χ2v) is 11.1. The van der Waals surface area contributed by atoms with Crippen LogP contribution in [0.25, 0.3) is 0 Å². The third-order valence-corrected chi connectivity index (χ3v) is 6.29. The molecule has 0 bridgehead atoms. The Bertz CT molecular complexity index is 420. The average Bonchev–Trinajstić information content (AvgIpc) is 2.75. The van der Waals surface area contributed by atoms with E-state index in [9.17, 15) is 8.42 Å². The van der Waals surface area contributed by atoms with E-state index in [1.165, 1.54) is 75.1 Å². The Morgan fingerprint density at radius 3 is 1.25 bits per heavy atom. The molecular weight excluding hydrogens is 539 g/mol. The van der Waals surface area contributed by atoms with Crippen LogP contribution in [0, 0.1) is 0 Å². The largest absolute Gasteiger partial charge is 0.381 e. The van der Waals surface area contributed by atoms with Crippen LogP contribution in [0.2, 0.25) is 0 Å². The highest BCUT2D eigenvalue weighted by Gasteiger charge is 2.00. The molecular formula is C25H53IO5S. The lowest BCUT2D eigenvalue weighted by Crippen LogP contribution is -2.03. The molecule has 0 aromatic rings. The van der Waals surface area contributed by atoms with Crippen molar-refractivity contribution >= 4 is 32.7 Å². The number of halogens is 1. The Balaban J connectivity index is 0. The maximum Gasteiger partial charge on any atom is 0.264 e. The van der Waals surface area contributed by atoms with E-state index in [2.05, 4.69) is 40.6 Å². The molecule has 196 valence electrons. The highest BCUT2D eigenvalue weighted by molar-refractivity contribution is 14.1. The molecule has 5 nitrogen and oxygen atoms in total. The van der Waals surface area contributed by atoms with Gasteiger partial charge in [0.15, 0.2) is 0 Å². The molecule has 0 atom stereocenters. The zero-order valence-corrected chi connectivity index (χ0v) is 24.4. The van der Waals surface area contributed by atoms with E-state index < -0.39 is 10.1 Å². The molecule has 0 radical (unpaired) electrons. The third kappa shape index (κ3) is 37.9. The second kappa shape index (κ2) is 29.6. The Morgan fingerprint density at radius 1 is 0.531 bits per heavy atom. The standard InChI is InChI=1S/C13H28O4S.C12H25IO/c1-3-4-11-16-12-9-7-5-6-8-10-13-17-18(2,14)15;1-2-3-11-14-12-9-7-5-4-6-8-10-13/h3-13H2,1-2H3;2-12H2,1H3. The van der Waals surface area contributed by atoms with Gasteiger partial charge in [-0.15, -0.1) is 0 Å². The second-order valence-electron chi connectivity index (χ2n) is 8.39. The van der Waals surface area contributed by atoms with Crippen molar-refractivity contribution in [1.29, 1.82) is 0 Å². The zero-order valence-electron chi connectivity index (χ0n) is 21.4. The van der Waals surface area contributed by atoms with E-state index >= 15 is 0 Å². The molecule has 0 unspecified atom stereocenters. The first kappa shape index (κ1) is 34.7. The molecule has 0 aliphatic rings. The molecule has 0 aromatic carbocycles. The fourth-order valence-electron chi connectivity index (χ4n) is 2.93. The van der Waals surface area contributed by atoms with Gasteiger partial charge in [-0.1, -0.05) is 101 Å². The van der Waals surface area contributed by atoms with Crippen LogP contribution in [0.1, 0.15) is 117 Å². The van der Waals surface area contributed by atoms with Gasteiger partial charge in [-0.05, 0) is 43.0 Å². The molecule has 0 rings (SSSR count). The van der Waals surface area contributed by atoms with Crippen molar-refractivity contribution < 1.29 is 22.1 Å². The van der Waals surface area contributed by atoms with Gasteiger partial charge in [-0.25, -0.2) is 0 Å². The van der Waals surface area contributed by atoms with Crippen molar-refractivity contribution in [3.63, 3.8) is 0 Å². The Morgan fingerprint density at radius 2 is 0.875 bits per heavy atom. The van der Waals surface area contributed by atoms with Crippen molar-refractivity contribution in [2.24, 2.45) is 0 Å². The third-order valence-electron chi connectivity index (χ3n) is 4.94. The number of rotatable bonds is 24. The van der Waals surface area contributed by atoms with E-state index in [0.717, 1.165) is 64.8 Å². The highest BCUT2D eigenvalue weighted by atomic mass is 127. The fraction of sp³-hybridized carbons (Fsp3) is 1.00. The highest BCUT2D eigenvalue weighted by Crippen LogP contribution is 2.07. The summed E-state index contributed by atoms with van der Waals surface area (Å²) in [6.07, 6.45) is 20.6. The van der Waals surface area contributed by atoms with Crippen LogP contribution in [0.3, 0.4) is 0 Å². The van der Waals surface area contributed by atoms with Crippen molar-refractivity contribution in [3.05, 3.63) is 0 Å². The van der Waals surface area contributed by atoms with Crippen LogP contribution in [-0.2, 0) is 23.8 Å². The smallest absolute Gasteiger partial charge is 0.264 e. The van der Waals surface area contributed by atoms with Crippen LogP contribution in [-0.4, -0.2) is 52.1 Å². The van der Waals surface area contributed by atoms with E-state index in [4.69, 9.17) is 9.47 Å². The maximum absolute atomic E-state index is 10.7. The van der Waals surface area contributed by atoms with Crippen LogP contribution < -0.4 is 0 Å². The van der Waals surface area contributed by atoms with Gasteiger partial charge in [-0.2, -0.15) is 8.42 Å². The van der Waals surface area contributed by atoms with Gasteiger partial charge in [0.05, 0.1) is 12.9 Å². The van der Waals surface area contributed by atoms with Gasteiger partial charge in [0.2, 0.25) is 0 Å². The SMILES string of the molecule is CCCCOCCCCCCCCI.CCCCOCCCCCCCCOS(C)(=O)=O. The first-order chi connectivity index (χ1) is 15.5. The molecule has 0 aromatic heterocycles. The fourth-order valence-corrected chi connectivity index (χ4v) is 3.89. The first-order valence-corrected chi connectivity index (χ1v) is 16.4. The monoisotopic (exact) mass is 592 g/mol. The van der Waals surface area contributed by atoms with E-state index in [1.54, 1.807) is 0 Å². The van der Waals surface area contributed by atoms with Crippen molar-refractivity contribution in [2.75, 3.05) is 43.7 Å². The normalized spacial score (nSPS) is 11.4. The lowest BCUT2D eigenvalue weighted by Gasteiger charge is -2.04. The molecule has 0 saturated heterocycles. The summed E-state index contributed by atoms with van der Waals surface area (Å²) in [6.45, 7) is 8.39. The van der Waals surface area contributed by atoms with Gasteiger partial charge in [0, 0.05) is 26.4 Å². The number of unbranched alkanes of at least 4 members (excludes halogenated alkanes) is 12. The van der Waals surface area contributed by atoms with E-state index in [0.29, 0.717) is 6.61 Å². The van der Waals surface area contributed by atoms with Gasteiger partial charge < -0.3 is 9.47 Å². The molecule has 0 saturated carbocycles. The molecule has 0 aliphatic heterocycles. The molecule has 0 fully saturated rings. The summed E-state index contributed by atoms with van der Waals surface area (Å²) in [4.78, 5) is 0. The van der Waals surface area contributed by atoms with Gasteiger partial charge in [-0.3, -0.25) is 4.18 Å². The van der Waals surface area contributed by atoms with Gasteiger partial charge >= 0.3 is 0 Å². The molecule has 0 aliphatic carbocycles. The zero-order chi connectivity index (χ0) is 24.2. The van der Waals surface area contributed by atoms with E-state index in [1.807, 2.05) is 0 Å². The summed E-state index contributed by atoms with van der Waals surface area (Å²) in [7, 11) is -3.25. The quantitative estimate of drug-likeness (QED) is 0.0498. The van der Waals surface area contributed by atoms with Crippen molar-refractivity contribution in [1.82, 2.24) is 0 Å². The van der Waals surface area contributed by atoms with Gasteiger partial charge in [0.1, 0.15) is 0 Å². The lowest BCUT2D eigenvalue weighted by molar-refractivity contribution is 0.127. The van der Waals surface area contributed by atoms with Crippen LogP contribution in [0.5, 0.6) is 0 Å². The molecule has 0 amide bonds. The minimum Gasteiger partial charge on any atom is -0.381 e. The number of ether oxygens (including phenoxy) is 2. The number of alkyl halides is 1. The average molecular weight is 593 g/mol. The molecule has 7 heteroatoms. The molecule has 0 N–H and O–H groups in total. The number of hydrogen-bond acceptors (Lipinski definition) is 5. The van der Waals surface area contributed by atoms with Crippen LogP contribution in [0.4, 0.5) is 0 Å². The van der Waals surface area contributed by atoms with Gasteiger partial charge in [0.25, 0.3) is 10.1 Å². The maximum atomic E-state index is 10.7. The molecule has 0 spiro atoms. The number of hydrogen-bond donors (Lipinski definition) is 0. The van der Waals surface area contributed by atoms with E-state index in [-0.39, 0.29) is 0 Å². The predicted octanol–water partition coefficient (Wildman–Crippen LogP) is 7.70. The summed E-state index contributed by atoms with van der Waals surface area (Å²) in [6, 6.07) is 0. The first-order valence-electron chi connectivity index (χ1n) is 13.0. The summed E-state index contributed by atoms with van der Waals surface area (Å²) in [5.41, 5.74) is 0. The molecule has 0 heterocycles. The minimum absolute atomic E-state index is 0.318. The summed E-state index contributed by atoms with van der Waals surface area (Å²) >= 11 is 2.45. The lowest BCUT2D eigenvalue weighted by atomic mass is 10.1. The summed E-state index contributed by atoms with van der Waals surface area (Å²) < 4.78 is 38.3. The van der Waals surface area contributed by atoms with Crippen LogP contribution in [0.15, 0.2) is 0 Å². The Hall–Kier alpha value is 0.560. The Kier molecular flexibility index (Phi) is 32.1. The summed E-state index contributed by atoms with van der Waals surface area (Å²) in [5.74, 6) is 0. The van der Waals surface area contributed by atoms with Crippen molar-refractivity contribution in [3.8, 4) is 0 Å². The molecule has 32 heavy (non-hydrogen) atoms. The summed E-state index contributed by atoms with van der Waals surface area (Å²) in [5, 5.41) is 0. The van der Waals surface area contributed by atoms with Crippen molar-refractivity contribution in [2.45, 2.75) is 117 Å².